The van der Waals surface area contributed by atoms with Gasteiger partial charge < -0.3 is 24.6 Å². The number of guanidine groups is 1. The molecule has 1 atom stereocenters. The van der Waals surface area contributed by atoms with Crippen molar-refractivity contribution < 1.29 is 9.47 Å². The summed E-state index contributed by atoms with van der Waals surface area (Å²) in [4.78, 5) is 13.3. The molecule has 1 saturated heterocycles. The summed E-state index contributed by atoms with van der Waals surface area (Å²) < 4.78 is 11.6. The van der Waals surface area contributed by atoms with Gasteiger partial charge in [0.15, 0.2) is 5.96 Å². The van der Waals surface area contributed by atoms with E-state index in [1.54, 1.807) is 7.05 Å². The van der Waals surface area contributed by atoms with Gasteiger partial charge >= 0.3 is 0 Å². The number of halogens is 1. The van der Waals surface area contributed by atoms with Gasteiger partial charge in [0.2, 0.25) is 0 Å². The van der Waals surface area contributed by atoms with E-state index in [1.807, 2.05) is 19.3 Å². The predicted octanol–water partition coefficient (Wildman–Crippen LogP) is 3.63. The number of aromatic nitrogens is 1. The van der Waals surface area contributed by atoms with E-state index in [-0.39, 0.29) is 30.1 Å². The summed E-state index contributed by atoms with van der Waals surface area (Å²) in [5, 5.41) is 3.44. The Kier molecular flexibility index (Phi) is 10.5. The Bertz CT molecular complexity index is 872. The quantitative estimate of drug-likeness (QED) is 0.321. The number of nitrogens with one attached hydrogen (secondary N) is 1. The number of likely N-dealkylation sites (N-methyl/N-ethyl adjacent to an activating group) is 1. The molecule has 0 amide bonds. The number of benzene rings is 1. The number of nitrogens with zero attached hydrogens (tertiary/aromatic N) is 4. The maximum Gasteiger partial charge on any atom is 0.193 e. The monoisotopic (exact) mass is 553 g/mol. The average molecular weight is 553 g/mol. The SMILES string of the molecule is CN=C(NCc1ccnc(N2CCOC(C)C2)c1)N(C)CCOc1cc(C)cc(C)c1.I. The number of aliphatic imine (C=N–C) groups is 1. The second kappa shape index (κ2) is 12.8. The van der Waals surface area contributed by atoms with Gasteiger partial charge in [-0.25, -0.2) is 4.98 Å². The number of pyridine rings is 1. The Morgan fingerprint density at radius 2 is 2.03 bits per heavy atom. The van der Waals surface area contributed by atoms with Crippen molar-refractivity contribution in [3.8, 4) is 5.75 Å². The first-order valence-electron chi connectivity index (χ1n) is 10.9. The Balaban J connectivity index is 0.00000363. The van der Waals surface area contributed by atoms with Crippen molar-refractivity contribution in [2.24, 2.45) is 4.99 Å². The van der Waals surface area contributed by atoms with Crippen molar-refractivity contribution >= 4 is 35.8 Å². The van der Waals surface area contributed by atoms with Crippen molar-refractivity contribution in [3.63, 3.8) is 0 Å². The van der Waals surface area contributed by atoms with Crippen LogP contribution in [0.15, 0.2) is 41.5 Å². The van der Waals surface area contributed by atoms with Crippen molar-refractivity contribution in [1.82, 2.24) is 15.2 Å². The Morgan fingerprint density at radius 1 is 1.28 bits per heavy atom. The van der Waals surface area contributed by atoms with Crippen LogP contribution in [0.4, 0.5) is 5.82 Å². The van der Waals surface area contributed by atoms with E-state index in [0.29, 0.717) is 13.2 Å². The van der Waals surface area contributed by atoms with Crippen molar-refractivity contribution in [2.75, 3.05) is 51.8 Å². The van der Waals surface area contributed by atoms with E-state index in [1.165, 1.54) is 16.7 Å². The molecule has 1 fully saturated rings. The zero-order chi connectivity index (χ0) is 22.2. The number of anilines is 1. The van der Waals surface area contributed by atoms with Crippen LogP contribution >= 0.6 is 24.0 Å². The number of aryl methyl sites for hydroxylation is 2. The topological polar surface area (TPSA) is 62.2 Å². The minimum Gasteiger partial charge on any atom is -0.492 e. The summed E-state index contributed by atoms with van der Waals surface area (Å²) in [6.45, 7) is 10.8. The zero-order valence-electron chi connectivity index (χ0n) is 19.8. The first kappa shape index (κ1) is 26.2. The van der Waals surface area contributed by atoms with E-state index in [9.17, 15) is 0 Å². The maximum absolute atomic E-state index is 5.94. The summed E-state index contributed by atoms with van der Waals surface area (Å²) in [5.74, 6) is 2.75. The predicted molar refractivity (Wildman–Crippen MR) is 142 cm³/mol. The highest BCUT2D eigenvalue weighted by Crippen LogP contribution is 2.17. The molecule has 0 saturated carbocycles. The summed E-state index contributed by atoms with van der Waals surface area (Å²) in [5.41, 5.74) is 3.60. The van der Waals surface area contributed by atoms with Gasteiger partial charge in [-0.05, 0) is 61.7 Å². The molecule has 1 N–H and O–H groups in total. The van der Waals surface area contributed by atoms with Gasteiger partial charge in [-0.2, -0.15) is 0 Å². The fourth-order valence-corrected chi connectivity index (χ4v) is 3.76. The molecule has 1 aliphatic rings. The Labute approximate surface area is 209 Å². The van der Waals surface area contributed by atoms with Crippen molar-refractivity contribution in [2.45, 2.75) is 33.4 Å². The van der Waals surface area contributed by atoms with Gasteiger partial charge in [0.25, 0.3) is 0 Å². The molecule has 2 heterocycles. The number of hydrogen-bond acceptors (Lipinski definition) is 5. The van der Waals surface area contributed by atoms with Gasteiger partial charge in [0, 0.05) is 39.9 Å². The van der Waals surface area contributed by atoms with Crippen LogP contribution in [0, 0.1) is 13.8 Å². The third-order valence-corrected chi connectivity index (χ3v) is 5.29. The minimum absolute atomic E-state index is 0. The highest BCUT2D eigenvalue weighted by Gasteiger charge is 2.18. The molecule has 1 aromatic heterocycles. The third-order valence-electron chi connectivity index (χ3n) is 5.29. The lowest BCUT2D eigenvalue weighted by molar-refractivity contribution is 0.0529. The number of hydrogen-bond donors (Lipinski definition) is 1. The first-order chi connectivity index (χ1) is 14.9. The number of ether oxygens (including phenoxy) is 2. The summed E-state index contributed by atoms with van der Waals surface area (Å²) in [6, 6.07) is 10.5. The summed E-state index contributed by atoms with van der Waals surface area (Å²) in [7, 11) is 3.82. The van der Waals surface area contributed by atoms with E-state index in [2.05, 4.69) is 70.1 Å². The fourth-order valence-electron chi connectivity index (χ4n) is 3.76. The zero-order valence-corrected chi connectivity index (χ0v) is 22.1. The molecule has 176 valence electrons. The second-order valence-electron chi connectivity index (χ2n) is 8.14. The first-order valence-corrected chi connectivity index (χ1v) is 10.9. The highest BCUT2D eigenvalue weighted by atomic mass is 127. The van der Waals surface area contributed by atoms with Gasteiger partial charge in [-0.15, -0.1) is 24.0 Å². The summed E-state index contributed by atoms with van der Waals surface area (Å²) >= 11 is 0. The molecule has 0 radical (unpaired) electrons. The van der Waals surface area contributed by atoms with E-state index < -0.39 is 0 Å². The molecule has 3 rings (SSSR count). The standard InChI is InChI=1S/C24H35N5O2.HI/c1-18-12-19(2)14-22(13-18)31-10-8-28(5)24(25-4)27-16-21-6-7-26-23(15-21)29-9-11-30-20(3)17-29;/h6-7,12-15,20H,8-11,16-17H2,1-5H3,(H,25,27);1H. The molecular formula is C24H36IN5O2. The molecule has 7 nitrogen and oxygen atoms in total. The normalized spacial score (nSPS) is 16.3. The largest absolute Gasteiger partial charge is 0.492 e. The number of morpholine rings is 1. The Hall–Kier alpha value is -2.07. The highest BCUT2D eigenvalue weighted by molar-refractivity contribution is 14.0. The van der Waals surface area contributed by atoms with Crippen LogP contribution in [-0.2, 0) is 11.3 Å². The third kappa shape index (κ3) is 7.81. The molecule has 1 aromatic carbocycles. The molecule has 8 heteroatoms. The lowest BCUT2D eigenvalue weighted by Gasteiger charge is -2.32. The van der Waals surface area contributed by atoms with E-state index >= 15 is 0 Å². The molecular weight excluding hydrogens is 517 g/mol. The van der Waals surface area contributed by atoms with Gasteiger partial charge in [0.1, 0.15) is 18.2 Å². The van der Waals surface area contributed by atoms with Crippen LogP contribution in [0.3, 0.4) is 0 Å². The van der Waals surface area contributed by atoms with Crippen LogP contribution in [0.5, 0.6) is 5.75 Å². The molecule has 0 spiro atoms. The van der Waals surface area contributed by atoms with E-state index in [4.69, 9.17) is 9.47 Å². The van der Waals surface area contributed by atoms with Crippen molar-refractivity contribution in [1.29, 1.82) is 0 Å². The van der Waals surface area contributed by atoms with Gasteiger partial charge in [-0.3, -0.25) is 4.99 Å². The second-order valence-corrected chi connectivity index (χ2v) is 8.14. The van der Waals surface area contributed by atoms with Crippen LogP contribution in [0.1, 0.15) is 23.6 Å². The maximum atomic E-state index is 5.94. The lowest BCUT2D eigenvalue weighted by atomic mass is 10.1. The molecule has 2 aromatic rings. The molecule has 0 bridgehead atoms. The number of rotatable bonds is 7. The Morgan fingerprint density at radius 3 is 2.72 bits per heavy atom. The molecule has 0 aliphatic carbocycles. The smallest absolute Gasteiger partial charge is 0.193 e. The van der Waals surface area contributed by atoms with Crippen LogP contribution < -0.4 is 15.0 Å². The lowest BCUT2D eigenvalue weighted by Crippen LogP contribution is -2.42. The van der Waals surface area contributed by atoms with Gasteiger partial charge in [0.05, 0.1) is 19.3 Å². The van der Waals surface area contributed by atoms with Crippen LogP contribution in [-0.4, -0.2) is 68.9 Å². The fraction of sp³-hybridized carbons (Fsp3) is 0.500. The van der Waals surface area contributed by atoms with E-state index in [0.717, 1.165) is 43.8 Å². The van der Waals surface area contributed by atoms with Crippen molar-refractivity contribution in [3.05, 3.63) is 53.2 Å². The molecule has 1 unspecified atom stereocenters. The molecule has 32 heavy (non-hydrogen) atoms. The summed E-state index contributed by atoms with van der Waals surface area (Å²) in [6.07, 6.45) is 2.10. The average Bonchev–Trinajstić information content (AvgIpc) is 2.74. The molecule has 1 aliphatic heterocycles. The van der Waals surface area contributed by atoms with Crippen LogP contribution in [0.2, 0.25) is 0 Å². The van der Waals surface area contributed by atoms with Gasteiger partial charge in [-0.1, -0.05) is 6.07 Å². The van der Waals surface area contributed by atoms with Crippen LogP contribution in [0.25, 0.3) is 0 Å². The minimum atomic E-state index is 0.